The molecule has 0 spiro atoms. The molecular weight excluding hydrogens is 330 g/mol. The first-order chi connectivity index (χ1) is 12.8. The molecule has 0 saturated carbocycles. The molecule has 1 N–H and O–H groups in total. The van der Waals surface area contributed by atoms with E-state index in [1.807, 2.05) is 42.5 Å². The van der Waals surface area contributed by atoms with Gasteiger partial charge >= 0.3 is 5.97 Å². The molecule has 0 aliphatic carbocycles. The van der Waals surface area contributed by atoms with Crippen molar-refractivity contribution in [3.63, 3.8) is 0 Å². The Balaban J connectivity index is 1.55. The number of nitrogens with one attached hydrogen (secondary N) is 1. The molecule has 0 fully saturated rings. The van der Waals surface area contributed by atoms with Gasteiger partial charge in [-0.15, -0.1) is 0 Å². The Bertz CT molecular complexity index is 814. The summed E-state index contributed by atoms with van der Waals surface area (Å²) in [6, 6.07) is 17.7. The topological polar surface area (TPSA) is 56.8 Å². The van der Waals surface area contributed by atoms with E-state index in [0.29, 0.717) is 25.3 Å². The SMILES string of the molecule is COc1ccc(C2OCC3=C2C(=O)OCC3NCc2ccccc2)cc1. The second kappa shape index (κ2) is 7.32. The molecule has 4 rings (SSSR count). The Morgan fingerprint density at radius 2 is 1.88 bits per heavy atom. The van der Waals surface area contributed by atoms with Crippen molar-refractivity contribution in [2.45, 2.75) is 18.7 Å². The van der Waals surface area contributed by atoms with Crippen LogP contribution in [0.1, 0.15) is 17.2 Å². The number of carbonyl (C=O) groups excluding carboxylic acids is 1. The van der Waals surface area contributed by atoms with Gasteiger partial charge in [-0.3, -0.25) is 0 Å². The van der Waals surface area contributed by atoms with Crippen LogP contribution in [0.3, 0.4) is 0 Å². The lowest BCUT2D eigenvalue weighted by molar-refractivity contribution is -0.141. The third-order valence-corrected chi connectivity index (χ3v) is 4.85. The summed E-state index contributed by atoms with van der Waals surface area (Å²) < 4.78 is 16.6. The molecule has 2 aliphatic rings. The predicted octanol–water partition coefficient (Wildman–Crippen LogP) is 2.78. The molecule has 2 aromatic carbocycles. The third-order valence-electron chi connectivity index (χ3n) is 4.85. The second-order valence-electron chi connectivity index (χ2n) is 6.42. The molecule has 0 bridgehead atoms. The minimum atomic E-state index is -0.385. The molecule has 26 heavy (non-hydrogen) atoms. The fourth-order valence-corrected chi connectivity index (χ4v) is 3.43. The highest BCUT2D eigenvalue weighted by Gasteiger charge is 2.40. The van der Waals surface area contributed by atoms with E-state index >= 15 is 0 Å². The number of rotatable bonds is 5. The van der Waals surface area contributed by atoms with Gasteiger partial charge < -0.3 is 19.5 Å². The van der Waals surface area contributed by atoms with Crippen LogP contribution in [-0.2, 0) is 20.8 Å². The number of hydrogen-bond donors (Lipinski definition) is 1. The van der Waals surface area contributed by atoms with Crippen LogP contribution < -0.4 is 10.1 Å². The molecule has 0 amide bonds. The summed E-state index contributed by atoms with van der Waals surface area (Å²) in [6.07, 6.45) is -0.385. The van der Waals surface area contributed by atoms with E-state index in [1.54, 1.807) is 7.11 Å². The van der Waals surface area contributed by atoms with E-state index in [4.69, 9.17) is 14.2 Å². The first-order valence-corrected chi connectivity index (χ1v) is 8.69. The molecular formula is C21H21NO4. The van der Waals surface area contributed by atoms with Gasteiger partial charge in [0.25, 0.3) is 0 Å². The number of hydrogen-bond acceptors (Lipinski definition) is 5. The van der Waals surface area contributed by atoms with Gasteiger partial charge in [0.1, 0.15) is 18.5 Å². The summed E-state index contributed by atoms with van der Waals surface area (Å²) in [7, 11) is 1.63. The van der Waals surface area contributed by atoms with Crippen LogP contribution in [0.2, 0.25) is 0 Å². The van der Waals surface area contributed by atoms with Crippen molar-refractivity contribution >= 4 is 5.97 Å². The van der Waals surface area contributed by atoms with Crippen molar-refractivity contribution in [1.82, 2.24) is 5.32 Å². The van der Waals surface area contributed by atoms with Crippen LogP contribution in [0.15, 0.2) is 65.7 Å². The summed E-state index contributed by atoms with van der Waals surface area (Å²) in [6.45, 7) is 1.49. The van der Waals surface area contributed by atoms with E-state index in [2.05, 4.69) is 17.4 Å². The average molecular weight is 351 g/mol. The lowest BCUT2D eigenvalue weighted by Crippen LogP contribution is -2.40. The first kappa shape index (κ1) is 16.8. The monoisotopic (exact) mass is 351 g/mol. The van der Waals surface area contributed by atoms with Gasteiger partial charge in [0.2, 0.25) is 0 Å². The van der Waals surface area contributed by atoms with Gasteiger partial charge in [-0.25, -0.2) is 4.79 Å². The van der Waals surface area contributed by atoms with Crippen LogP contribution in [0, 0.1) is 0 Å². The molecule has 5 nitrogen and oxygen atoms in total. The zero-order valence-electron chi connectivity index (χ0n) is 14.6. The van der Waals surface area contributed by atoms with Crippen molar-refractivity contribution in [2.24, 2.45) is 0 Å². The second-order valence-corrected chi connectivity index (χ2v) is 6.42. The smallest absolute Gasteiger partial charge is 0.337 e. The number of esters is 1. The number of methoxy groups -OCH3 is 1. The van der Waals surface area contributed by atoms with E-state index < -0.39 is 0 Å². The number of carbonyl (C=O) groups is 1. The van der Waals surface area contributed by atoms with Gasteiger partial charge in [0.15, 0.2) is 0 Å². The largest absolute Gasteiger partial charge is 0.497 e. The van der Waals surface area contributed by atoms with Gasteiger partial charge in [-0.1, -0.05) is 42.5 Å². The van der Waals surface area contributed by atoms with Gasteiger partial charge in [0, 0.05) is 6.54 Å². The van der Waals surface area contributed by atoms with Crippen molar-refractivity contribution in [1.29, 1.82) is 0 Å². The molecule has 0 radical (unpaired) electrons. The summed E-state index contributed by atoms with van der Waals surface area (Å²) in [5, 5.41) is 3.49. The average Bonchev–Trinajstić information content (AvgIpc) is 3.15. The fourth-order valence-electron chi connectivity index (χ4n) is 3.43. The summed E-state index contributed by atoms with van der Waals surface area (Å²) in [4.78, 5) is 12.4. The summed E-state index contributed by atoms with van der Waals surface area (Å²) in [5.74, 6) is 0.491. The standard InChI is InChI=1S/C21H21NO4/c1-24-16-9-7-15(8-10-16)20-19-17(12-25-20)18(13-26-21(19)23)22-11-14-5-3-2-4-6-14/h2-10,18,20,22H,11-13H2,1H3. The Morgan fingerprint density at radius 3 is 2.62 bits per heavy atom. The summed E-state index contributed by atoms with van der Waals surface area (Å²) in [5.41, 5.74) is 3.75. The highest BCUT2D eigenvalue weighted by Crippen LogP contribution is 2.38. The molecule has 2 heterocycles. The van der Waals surface area contributed by atoms with Crippen molar-refractivity contribution in [3.05, 3.63) is 76.9 Å². The van der Waals surface area contributed by atoms with Crippen molar-refractivity contribution in [3.8, 4) is 5.75 Å². The van der Waals surface area contributed by atoms with Crippen molar-refractivity contribution in [2.75, 3.05) is 20.3 Å². The maximum absolute atomic E-state index is 12.4. The predicted molar refractivity (Wildman–Crippen MR) is 96.7 cm³/mol. The van der Waals surface area contributed by atoms with Crippen LogP contribution >= 0.6 is 0 Å². The van der Waals surface area contributed by atoms with E-state index in [0.717, 1.165) is 16.9 Å². The van der Waals surface area contributed by atoms with E-state index in [-0.39, 0.29) is 18.1 Å². The minimum absolute atomic E-state index is 0.0221. The Morgan fingerprint density at radius 1 is 1.12 bits per heavy atom. The zero-order valence-corrected chi connectivity index (χ0v) is 14.6. The van der Waals surface area contributed by atoms with Gasteiger partial charge in [-0.05, 0) is 28.8 Å². The lowest BCUT2D eigenvalue weighted by atomic mass is 9.94. The van der Waals surface area contributed by atoms with Gasteiger partial charge in [0.05, 0.1) is 25.3 Å². The highest BCUT2D eigenvalue weighted by atomic mass is 16.5. The Labute approximate surface area is 152 Å². The van der Waals surface area contributed by atoms with E-state index in [1.165, 1.54) is 5.56 Å². The van der Waals surface area contributed by atoms with Crippen molar-refractivity contribution < 1.29 is 19.0 Å². The molecule has 0 aromatic heterocycles. The molecule has 2 aromatic rings. The molecule has 2 aliphatic heterocycles. The first-order valence-electron chi connectivity index (χ1n) is 8.69. The molecule has 0 saturated heterocycles. The Kier molecular flexibility index (Phi) is 4.73. The number of benzene rings is 2. The molecule has 134 valence electrons. The van der Waals surface area contributed by atoms with Crippen LogP contribution in [0.25, 0.3) is 0 Å². The van der Waals surface area contributed by atoms with Gasteiger partial charge in [-0.2, -0.15) is 0 Å². The maximum atomic E-state index is 12.4. The van der Waals surface area contributed by atoms with Crippen LogP contribution in [-0.4, -0.2) is 32.3 Å². The number of ether oxygens (including phenoxy) is 3. The normalized spacial score (nSPS) is 22.1. The fraction of sp³-hybridized carbons (Fsp3) is 0.286. The highest BCUT2D eigenvalue weighted by molar-refractivity contribution is 5.92. The molecule has 2 unspecified atom stereocenters. The summed E-state index contributed by atoms with van der Waals surface area (Å²) >= 11 is 0. The van der Waals surface area contributed by atoms with E-state index in [9.17, 15) is 4.79 Å². The lowest BCUT2D eigenvalue weighted by Gasteiger charge is -2.25. The number of cyclic esters (lactones) is 1. The quantitative estimate of drug-likeness (QED) is 0.840. The molecule has 2 atom stereocenters. The van der Waals surface area contributed by atoms with Crippen LogP contribution in [0.5, 0.6) is 5.75 Å². The zero-order chi connectivity index (χ0) is 17.9. The van der Waals surface area contributed by atoms with Crippen LogP contribution in [0.4, 0.5) is 0 Å². The minimum Gasteiger partial charge on any atom is -0.497 e. The third kappa shape index (κ3) is 3.23. The Hall–Kier alpha value is -2.63. The molecule has 5 heteroatoms. The maximum Gasteiger partial charge on any atom is 0.337 e.